The Kier molecular flexibility index (Phi) is 37.2. The van der Waals surface area contributed by atoms with Gasteiger partial charge in [0, 0.05) is 38.2 Å². The number of rotatable bonds is 45. The maximum Gasteiger partial charge on any atom is 0.306 e. The molecule has 0 saturated carbocycles. The van der Waals surface area contributed by atoms with Crippen LogP contribution in [0.5, 0.6) is 0 Å². The van der Waals surface area contributed by atoms with E-state index in [1.165, 1.54) is 115 Å². The quantitative estimate of drug-likeness (QED) is 0.0479. The van der Waals surface area contributed by atoms with Crippen LogP contribution in [0.2, 0.25) is 0 Å². The van der Waals surface area contributed by atoms with Gasteiger partial charge in [-0.05, 0) is 84.8 Å². The van der Waals surface area contributed by atoms with E-state index in [1.807, 2.05) is 0 Å². The summed E-state index contributed by atoms with van der Waals surface area (Å²) in [5.74, 6) is 0.200. The average molecular weight is 832 g/mol. The van der Waals surface area contributed by atoms with Crippen LogP contribution in [0, 0.1) is 0 Å². The summed E-state index contributed by atoms with van der Waals surface area (Å²) in [7, 11) is 4.17. The van der Waals surface area contributed by atoms with Crippen molar-refractivity contribution < 1.29 is 23.9 Å². The SMILES string of the molecule is CCCCCCCCCOC(=O)CCCCCCCN(CCCCCCCC(=O)OC(CCCCCCCC)CCCCCCCC)C1=C(NCCCN(C)C)C(=O)C1. The van der Waals surface area contributed by atoms with E-state index in [0.717, 1.165) is 128 Å². The van der Waals surface area contributed by atoms with Crippen molar-refractivity contribution in [2.24, 2.45) is 0 Å². The third-order valence-electron chi connectivity index (χ3n) is 12.0. The number of nitrogens with one attached hydrogen (secondary N) is 1. The first-order chi connectivity index (χ1) is 28.8. The molecule has 0 amide bonds. The number of carbonyl (C=O) groups is 3. The lowest BCUT2D eigenvalue weighted by Crippen LogP contribution is -2.40. The normalized spacial score (nSPS) is 12.8. The van der Waals surface area contributed by atoms with E-state index in [-0.39, 0.29) is 23.8 Å². The second-order valence-corrected chi connectivity index (χ2v) is 18.1. The number of esters is 2. The fourth-order valence-corrected chi connectivity index (χ4v) is 8.18. The molecule has 1 rings (SSSR count). The molecule has 1 N–H and O–H groups in total. The van der Waals surface area contributed by atoms with Gasteiger partial charge in [0.05, 0.1) is 18.7 Å². The molecule has 0 aromatic carbocycles. The summed E-state index contributed by atoms with van der Waals surface area (Å²) in [4.78, 5) is 42.4. The number of hydrogen-bond donors (Lipinski definition) is 1. The van der Waals surface area contributed by atoms with Gasteiger partial charge in [-0.1, -0.05) is 162 Å². The molecular weight excluding hydrogens is 735 g/mol. The summed E-state index contributed by atoms with van der Waals surface area (Å²) in [5.41, 5.74) is 2.03. The number of unbranched alkanes of at least 4 members (excludes halogenated alkanes) is 24. The second kappa shape index (κ2) is 40.0. The van der Waals surface area contributed by atoms with Crippen molar-refractivity contribution in [1.29, 1.82) is 0 Å². The van der Waals surface area contributed by atoms with Crippen LogP contribution < -0.4 is 5.32 Å². The number of carbonyl (C=O) groups excluding carboxylic acids is 3. The number of ether oxygens (including phenoxy) is 2. The molecule has 1 aliphatic rings. The van der Waals surface area contributed by atoms with Crippen LogP contribution in [0.1, 0.15) is 245 Å². The maximum absolute atomic E-state index is 12.9. The Hall–Kier alpha value is -2.09. The highest BCUT2D eigenvalue weighted by atomic mass is 16.5. The Bertz CT molecular complexity index is 1030. The minimum Gasteiger partial charge on any atom is -0.466 e. The number of allylic oxidation sites excluding steroid dienone is 2. The number of hydrogen-bond acceptors (Lipinski definition) is 8. The predicted molar refractivity (Wildman–Crippen MR) is 250 cm³/mol. The monoisotopic (exact) mass is 832 g/mol. The van der Waals surface area contributed by atoms with Crippen molar-refractivity contribution in [3.8, 4) is 0 Å². The first-order valence-electron chi connectivity index (χ1n) is 25.6. The summed E-state index contributed by atoms with van der Waals surface area (Å²) in [5, 5.41) is 3.47. The summed E-state index contributed by atoms with van der Waals surface area (Å²) in [6.07, 6.45) is 39.3. The predicted octanol–water partition coefficient (Wildman–Crippen LogP) is 13.4. The van der Waals surface area contributed by atoms with Crippen LogP contribution in [-0.2, 0) is 23.9 Å². The number of nitrogens with zero attached hydrogens (tertiary/aromatic N) is 2. The Morgan fingerprint density at radius 3 is 1.47 bits per heavy atom. The van der Waals surface area contributed by atoms with E-state index in [1.54, 1.807) is 0 Å². The Balaban J connectivity index is 2.44. The van der Waals surface area contributed by atoms with Gasteiger partial charge in [-0.2, -0.15) is 0 Å². The first kappa shape index (κ1) is 54.9. The molecule has 0 bridgehead atoms. The summed E-state index contributed by atoms with van der Waals surface area (Å²) < 4.78 is 11.6. The van der Waals surface area contributed by atoms with Gasteiger partial charge in [0.2, 0.25) is 0 Å². The van der Waals surface area contributed by atoms with E-state index in [2.05, 4.69) is 50.0 Å². The molecular formula is C51H97N3O5. The summed E-state index contributed by atoms with van der Waals surface area (Å²) in [6.45, 7) is 11.1. The zero-order valence-corrected chi connectivity index (χ0v) is 39.8. The topological polar surface area (TPSA) is 88.2 Å². The molecule has 0 aromatic heterocycles. The molecule has 0 aliphatic heterocycles. The van der Waals surface area contributed by atoms with E-state index in [4.69, 9.17) is 9.47 Å². The van der Waals surface area contributed by atoms with Gasteiger partial charge in [0.15, 0.2) is 5.78 Å². The second-order valence-electron chi connectivity index (χ2n) is 18.1. The molecule has 0 radical (unpaired) electrons. The summed E-state index contributed by atoms with van der Waals surface area (Å²) >= 11 is 0. The van der Waals surface area contributed by atoms with Gasteiger partial charge >= 0.3 is 11.9 Å². The Morgan fingerprint density at radius 2 is 0.983 bits per heavy atom. The van der Waals surface area contributed by atoms with Crippen molar-refractivity contribution in [3.63, 3.8) is 0 Å². The number of Topliss-reactive ketones (excluding diaryl/α,β-unsaturated/α-hetero) is 1. The smallest absolute Gasteiger partial charge is 0.306 e. The average Bonchev–Trinajstić information content (AvgIpc) is 3.21. The zero-order valence-electron chi connectivity index (χ0n) is 39.8. The van der Waals surface area contributed by atoms with Crippen molar-refractivity contribution in [2.45, 2.75) is 252 Å². The largest absolute Gasteiger partial charge is 0.466 e. The molecule has 0 saturated heterocycles. The van der Waals surface area contributed by atoms with Gasteiger partial charge in [0.25, 0.3) is 0 Å². The molecule has 8 heteroatoms. The third-order valence-corrected chi connectivity index (χ3v) is 12.0. The Labute approximate surface area is 365 Å². The highest BCUT2D eigenvalue weighted by Gasteiger charge is 2.30. The van der Waals surface area contributed by atoms with E-state index < -0.39 is 0 Å². The highest BCUT2D eigenvalue weighted by molar-refractivity contribution is 6.03. The minimum atomic E-state index is -0.0412. The fraction of sp³-hybridized carbons (Fsp3) is 0.902. The van der Waals surface area contributed by atoms with Crippen molar-refractivity contribution in [2.75, 3.05) is 46.9 Å². The molecule has 8 nitrogen and oxygen atoms in total. The summed E-state index contributed by atoms with van der Waals surface area (Å²) in [6, 6.07) is 0. The van der Waals surface area contributed by atoms with Gasteiger partial charge in [0.1, 0.15) is 6.10 Å². The highest BCUT2D eigenvalue weighted by Crippen LogP contribution is 2.27. The molecule has 59 heavy (non-hydrogen) atoms. The van der Waals surface area contributed by atoms with Crippen LogP contribution >= 0.6 is 0 Å². The van der Waals surface area contributed by atoms with Gasteiger partial charge in [-0.15, -0.1) is 0 Å². The number of ketones is 1. The van der Waals surface area contributed by atoms with Crippen molar-refractivity contribution in [3.05, 3.63) is 11.4 Å². The van der Waals surface area contributed by atoms with Crippen LogP contribution in [0.15, 0.2) is 11.4 Å². The third kappa shape index (κ3) is 32.3. The lowest BCUT2D eigenvalue weighted by molar-refractivity contribution is -0.150. The van der Waals surface area contributed by atoms with Crippen molar-refractivity contribution >= 4 is 17.7 Å². The first-order valence-corrected chi connectivity index (χ1v) is 25.6. The Morgan fingerprint density at radius 1 is 0.542 bits per heavy atom. The van der Waals surface area contributed by atoms with Gasteiger partial charge < -0.3 is 24.6 Å². The lowest BCUT2D eigenvalue weighted by atomic mass is 9.96. The fourth-order valence-electron chi connectivity index (χ4n) is 8.18. The molecule has 0 aromatic rings. The minimum absolute atomic E-state index is 0.00377. The molecule has 1 aliphatic carbocycles. The molecule has 346 valence electrons. The lowest BCUT2D eigenvalue weighted by Gasteiger charge is -2.35. The molecule has 0 atom stereocenters. The van der Waals surface area contributed by atoms with E-state index in [9.17, 15) is 14.4 Å². The van der Waals surface area contributed by atoms with E-state index >= 15 is 0 Å². The van der Waals surface area contributed by atoms with Crippen LogP contribution in [0.3, 0.4) is 0 Å². The maximum atomic E-state index is 12.9. The van der Waals surface area contributed by atoms with Crippen LogP contribution in [-0.4, -0.2) is 80.5 Å². The van der Waals surface area contributed by atoms with Crippen molar-refractivity contribution in [1.82, 2.24) is 15.1 Å². The van der Waals surface area contributed by atoms with Gasteiger partial charge in [-0.3, -0.25) is 14.4 Å². The van der Waals surface area contributed by atoms with Gasteiger partial charge in [-0.25, -0.2) is 0 Å². The standard InChI is InChI=1S/C51H97N3O5/c1-6-9-12-15-18-27-34-44-58-49(56)38-30-23-19-25-32-42-54(47-45-48(55)51(47)52-40-35-41-53(4)5)43-33-26-20-24-31-39-50(57)59-46(36-28-21-16-13-10-7-2)37-29-22-17-14-11-8-3/h46,52H,6-45H2,1-5H3. The zero-order chi connectivity index (χ0) is 43.0. The van der Waals surface area contributed by atoms with E-state index in [0.29, 0.717) is 25.9 Å². The van der Waals surface area contributed by atoms with Crippen LogP contribution in [0.25, 0.3) is 0 Å². The molecule has 0 fully saturated rings. The molecule has 0 unspecified atom stereocenters. The molecule has 0 spiro atoms. The molecule has 0 heterocycles. The van der Waals surface area contributed by atoms with Crippen LogP contribution in [0.4, 0.5) is 0 Å².